The Hall–Kier alpha value is -2.89. The zero-order chi connectivity index (χ0) is 18.8. The molecule has 1 saturated heterocycles. The van der Waals surface area contributed by atoms with Crippen LogP contribution < -0.4 is 10.9 Å². The molecule has 0 unspecified atom stereocenters. The largest absolute Gasteiger partial charge is 0.339 e. The molecule has 0 atom stereocenters. The monoisotopic (exact) mass is 365 g/mol. The smallest absolute Gasteiger partial charge is 0.254 e. The summed E-state index contributed by atoms with van der Waals surface area (Å²) in [6.07, 6.45) is 3.00. The van der Waals surface area contributed by atoms with Crippen molar-refractivity contribution in [1.82, 2.24) is 15.8 Å². The van der Waals surface area contributed by atoms with E-state index in [1.54, 1.807) is 0 Å². The summed E-state index contributed by atoms with van der Waals surface area (Å²) in [5.74, 6) is -0.382. The average Bonchev–Trinajstić information content (AvgIpc) is 3.56. The molecule has 1 aliphatic carbocycles. The van der Waals surface area contributed by atoms with Crippen LogP contribution in [0.1, 0.15) is 36.0 Å². The number of hydrogen-bond donors (Lipinski definition) is 2. The lowest BCUT2D eigenvalue weighted by atomic mass is 9.95. The Morgan fingerprint density at radius 1 is 0.778 bits per heavy atom. The van der Waals surface area contributed by atoms with Gasteiger partial charge in [0, 0.05) is 30.5 Å². The molecule has 2 aromatic carbocycles. The van der Waals surface area contributed by atoms with Gasteiger partial charge in [-0.15, -0.1) is 0 Å². The molecule has 4 rings (SSSR count). The van der Waals surface area contributed by atoms with Gasteiger partial charge in [0.15, 0.2) is 0 Å². The van der Waals surface area contributed by atoms with E-state index in [9.17, 15) is 14.4 Å². The maximum Gasteiger partial charge on any atom is 0.254 e. The van der Waals surface area contributed by atoms with Crippen LogP contribution in [0.5, 0.6) is 0 Å². The minimum atomic E-state index is -0.180. The summed E-state index contributed by atoms with van der Waals surface area (Å²) in [5.41, 5.74) is 5.74. The fourth-order valence-corrected chi connectivity index (χ4v) is 3.60. The van der Waals surface area contributed by atoms with Gasteiger partial charge in [0.05, 0.1) is 0 Å². The number of nitrogens with zero attached hydrogens (tertiary/aromatic N) is 1. The molecule has 2 fully saturated rings. The fraction of sp³-hybridized carbons (Fsp3) is 0.381. The van der Waals surface area contributed by atoms with E-state index in [0.29, 0.717) is 31.5 Å². The van der Waals surface area contributed by atoms with Crippen molar-refractivity contribution in [2.24, 2.45) is 11.8 Å². The normalized spacial score (nSPS) is 17.6. The zero-order valence-electron chi connectivity index (χ0n) is 15.1. The number of likely N-dealkylation sites (tertiary alicyclic amines) is 1. The minimum Gasteiger partial charge on any atom is -0.339 e. The van der Waals surface area contributed by atoms with Gasteiger partial charge >= 0.3 is 0 Å². The molecule has 0 aromatic heterocycles. The molecule has 6 nitrogen and oxygen atoms in total. The number of piperidine rings is 1. The van der Waals surface area contributed by atoms with Crippen LogP contribution in [0.4, 0.5) is 0 Å². The summed E-state index contributed by atoms with van der Waals surface area (Å²) in [6.45, 7) is 1.08. The molecule has 1 aliphatic heterocycles. The second-order valence-electron chi connectivity index (χ2n) is 7.35. The van der Waals surface area contributed by atoms with E-state index in [4.69, 9.17) is 0 Å². The molecule has 2 N–H and O–H groups in total. The topological polar surface area (TPSA) is 78.5 Å². The van der Waals surface area contributed by atoms with E-state index >= 15 is 0 Å². The summed E-state index contributed by atoms with van der Waals surface area (Å²) >= 11 is 0. The van der Waals surface area contributed by atoms with Gasteiger partial charge in [-0.2, -0.15) is 0 Å². The van der Waals surface area contributed by atoms with E-state index in [2.05, 4.69) is 10.9 Å². The van der Waals surface area contributed by atoms with Crippen molar-refractivity contribution in [3.8, 4) is 0 Å². The molecule has 0 bridgehead atoms. The molecular formula is C21H23N3O3. The molecule has 3 amide bonds. The van der Waals surface area contributed by atoms with E-state index in [1.807, 2.05) is 47.4 Å². The van der Waals surface area contributed by atoms with Crippen molar-refractivity contribution in [2.45, 2.75) is 25.7 Å². The Labute approximate surface area is 157 Å². The highest BCUT2D eigenvalue weighted by Crippen LogP contribution is 2.28. The second kappa shape index (κ2) is 7.39. The predicted molar refractivity (Wildman–Crippen MR) is 102 cm³/mol. The molecule has 2 aromatic rings. The maximum absolute atomic E-state index is 13.0. The third-order valence-corrected chi connectivity index (χ3v) is 5.43. The molecule has 2 aliphatic rings. The van der Waals surface area contributed by atoms with Crippen molar-refractivity contribution in [2.75, 3.05) is 13.1 Å². The number of carbonyl (C=O) groups is 3. The van der Waals surface area contributed by atoms with Gasteiger partial charge in [0.2, 0.25) is 11.8 Å². The van der Waals surface area contributed by atoms with Gasteiger partial charge < -0.3 is 4.90 Å². The Kier molecular flexibility index (Phi) is 4.79. The van der Waals surface area contributed by atoms with Gasteiger partial charge in [-0.3, -0.25) is 25.2 Å². The molecular weight excluding hydrogens is 342 g/mol. The molecule has 0 spiro atoms. The third kappa shape index (κ3) is 3.79. The first kappa shape index (κ1) is 17.5. The van der Waals surface area contributed by atoms with Crippen molar-refractivity contribution < 1.29 is 14.4 Å². The van der Waals surface area contributed by atoms with Crippen LogP contribution in [0.2, 0.25) is 0 Å². The molecule has 1 saturated carbocycles. The minimum absolute atomic E-state index is 0.00712. The summed E-state index contributed by atoms with van der Waals surface area (Å²) < 4.78 is 0. The van der Waals surface area contributed by atoms with E-state index in [1.165, 1.54) is 0 Å². The lowest BCUT2D eigenvalue weighted by Gasteiger charge is -2.31. The zero-order valence-corrected chi connectivity index (χ0v) is 15.1. The van der Waals surface area contributed by atoms with Crippen molar-refractivity contribution in [1.29, 1.82) is 0 Å². The van der Waals surface area contributed by atoms with Crippen LogP contribution in [0, 0.1) is 11.8 Å². The van der Waals surface area contributed by atoms with Gasteiger partial charge in [-0.25, -0.2) is 0 Å². The number of hydrazine groups is 1. The number of rotatable bonds is 3. The number of fused-ring (bicyclic) bond motifs is 1. The summed E-state index contributed by atoms with van der Waals surface area (Å²) in [5, 5.41) is 2.00. The highest BCUT2D eigenvalue weighted by Gasteiger charge is 2.31. The Bertz CT molecular complexity index is 878. The first-order chi connectivity index (χ1) is 13.1. The van der Waals surface area contributed by atoms with Gasteiger partial charge in [0.1, 0.15) is 0 Å². The number of nitrogens with one attached hydrogen (secondary N) is 2. The highest BCUT2D eigenvalue weighted by atomic mass is 16.2. The van der Waals surface area contributed by atoms with Crippen LogP contribution in [0.3, 0.4) is 0 Å². The SMILES string of the molecule is O=C(NNC(=O)C1CCN(C(=O)c2cccc3ccccc23)CC1)C1CC1. The fourth-order valence-electron chi connectivity index (χ4n) is 3.60. The standard InChI is InChI=1S/C21H23N3O3/c25-19(15-8-9-15)22-23-20(26)16-10-12-24(13-11-16)21(27)18-7-3-5-14-4-1-2-6-17(14)18/h1-7,15-16H,8-13H2,(H,22,25)(H,23,26). The van der Waals surface area contributed by atoms with Gasteiger partial charge in [0.25, 0.3) is 5.91 Å². The summed E-state index contributed by atoms with van der Waals surface area (Å²) in [7, 11) is 0. The quantitative estimate of drug-likeness (QED) is 0.819. The van der Waals surface area contributed by atoms with Crippen LogP contribution in [-0.2, 0) is 9.59 Å². The molecule has 140 valence electrons. The number of hydrogen-bond acceptors (Lipinski definition) is 3. The predicted octanol–water partition coefficient (Wildman–Crippen LogP) is 2.25. The van der Waals surface area contributed by atoms with Crippen molar-refractivity contribution in [3.05, 3.63) is 48.0 Å². The van der Waals surface area contributed by atoms with Crippen LogP contribution >= 0.6 is 0 Å². The third-order valence-electron chi connectivity index (χ3n) is 5.43. The van der Waals surface area contributed by atoms with Crippen LogP contribution in [0.25, 0.3) is 10.8 Å². The second-order valence-corrected chi connectivity index (χ2v) is 7.35. The van der Waals surface area contributed by atoms with E-state index in [0.717, 1.165) is 23.6 Å². The molecule has 0 radical (unpaired) electrons. The van der Waals surface area contributed by atoms with Gasteiger partial charge in [-0.05, 0) is 42.5 Å². The van der Waals surface area contributed by atoms with Crippen LogP contribution in [-0.4, -0.2) is 35.7 Å². The van der Waals surface area contributed by atoms with Crippen molar-refractivity contribution >= 4 is 28.5 Å². The van der Waals surface area contributed by atoms with Crippen LogP contribution in [0.15, 0.2) is 42.5 Å². The molecule has 1 heterocycles. The lowest BCUT2D eigenvalue weighted by Crippen LogP contribution is -2.48. The lowest BCUT2D eigenvalue weighted by molar-refractivity contribution is -0.132. The van der Waals surface area contributed by atoms with E-state index < -0.39 is 0 Å². The molecule has 27 heavy (non-hydrogen) atoms. The number of benzene rings is 2. The molecule has 6 heteroatoms. The first-order valence-corrected chi connectivity index (χ1v) is 9.50. The van der Waals surface area contributed by atoms with E-state index in [-0.39, 0.29) is 29.6 Å². The number of amides is 3. The van der Waals surface area contributed by atoms with Gasteiger partial charge in [-0.1, -0.05) is 36.4 Å². The highest BCUT2D eigenvalue weighted by molar-refractivity contribution is 6.07. The summed E-state index contributed by atoms with van der Waals surface area (Å²) in [4.78, 5) is 38.6. The summed E-state index contributed by atoms with van der Waals surface area (Å²) in [6, 6.07) is 13.6. The first-order valence-electron chi connectivity index (χ1n) is 9.50. The Morgan fingerprint density at radius 2 is 1.37 bits per heavy atom. The Balaban J connectivity index is 1.35. The Morgan fingerprint density at radius 3 is 2.04 bits per heavy atom. The number of carbonyl (C=O) groups excluding carboxylic acids is 3. The van der Waals surface area contributed by atoms with Crippen molar-refractivity contribution in [3.63, 3.8) is 0 Å². The average molecular weight is 365 g/mol. The maximum atomic E-state index is 13.0.